The van der Waals surface area contributed by atoms with E-state index in [2.05, 4.69) is 103 Å². The van der Waals surface area contributed by atoms with Gasteiger partial charge in [-0.2, -0.15) is 0 Å². The molecule has 0 aliphatic heterocycles. The number of fused-ring (bicyclic) bond motifs is 7. The van der Waals surface area contributed by atoms with Crippen LogP contribution in [0.5, 0.6) is 0 Å². The number of pyridine rings is 1. The third kappa shape index (κ3) is 4.27. The van der Waals surface area contributed by atoms with Gasteiger partial charge in [0, 0.05) is 49.2 Å². The standard InChI is InChI=1S/C41H25N3O/c1-4-12-26(13-5-1)34-25-35(44-41(43-34)28-16-8-3-9-17-28)29-20-22-36-32(24-29)39-37(45-36)23-21-31-38(39)30-18-10-11-19-33(30)42-40(31)27-14-6-2-7-15-27/h1-25H. The molecule has 9 aromatic rings. The summed E-state index contributed by atoms with van der Waals surface area (Å²) in [6.45, 7) is 0. The Balaban J connectivity index is 1.33. The number of rotatable bonds is 4. The first-order valence-corrected chi connectivity index (χ1v) is 15.0. The number of benzene rings is 6. The third-order valence-corrected chi connectivity index (χ3v) is 8.47. The average molecular weight is 576 g/mol. The van der Waals surface area contributed by atoms with Gasteiger partial charge in [-0.25, -0.2) is 15.0 Å². The van der Waals surface area contributed by atoms with Crippen molar-refractivity contribution < 1.29 is 4.42 Å². The van der Waals surface area contributed by atoms with Crippen molar-refractivity contribution in [3.8, 4) is 45.2 Å². The molecule has 0 bridgehead atoms. The third-order valence-electron chi connectivity index (χ3n) is 8.47. The Kier molecular flexibility index (Phi) is 5.78. The molecule has 6 aromatic carbocycles. The van der Waals surface area contributed by atoms with Gasteiger partial charge in [0.1, 0.15) is 11.2 Å². The molecule has 0 spiro atoms. The fraction of sp³-hybridized carbons (Fsp3) is 0. The minimum absolute atomic E-state index is 0.694. The smallest absolute Gasteiger partial charge is 0.160 e. The van der Waals surface area contributed by atoms with E-state index in [1.165, 1.54) is 0 Å². The highest BCUT2D eigenvalue weighted by atomic mass is 16.3. The summed E-state index contributed by atoms with van der Waals surface area (Å²) < 4.78 is 6.48. The Hall–Kier alpha value is -6.13. The molecule has 0 aliphatic carbocycles. The van der Waals surface area contributed by atoms with Crippen LogP contribution in [0.3, 0.4) is 0 Å². The Morgan fingerprint density at radius 1 is 0.378 bits per heavy atom. The van der Waals surface area contributed by atoms with Crippen LogP contribution in [0.4, 0.5) is 0 Å². The summed E-state index contributed by atoms with van der Waals surface area (Å²) in [5.74, 6) is 0.694. The van der Waals surface area contributed by atoms with Gasteiger partial charge in [-0.15, -0.1) is 0 Å². The monoisotopic (exact) mass is 575 g/mol. The van der Waals surface area contributed by atoms with Gasteiger partial charge in [0.25, 0.3) is 0 Å². The van der Waals surface area contributed by atoms with Gasteiger partial charge in [0.05, 0.1) is 22.6 Å². The molecule has 0 radical (unpaired) electrons. The maximum Gasteiger partial charge on any atom is 0.160 e. The normalized spacial score (nSPS) is 11.6. The lowest BCUT2D eigenvalue weighted by atomic mass is 9.95. The Morgan fingerprint density at radius 2 is 1.00 bits per heavy atom. The van der Waals surface area contributed by atoms with E-state index in [-0.39, 0.29) is 0 Å². The number of aromatic nitrogens is 3. The van der Waals surface area contributed by atoms with Crippen molar-refractivity contribution in [2.45, 2.75) is 0 Å². The van der Waals surface area contributed by atoms with Crippen LogP contribution in [0.15, 0.2) is 156 Å². The van der Waals surface area contributed by atoms with Crippen LogP contribution in [-0.2, 0) is 0 Å². The molecule has 0 saturated heterocycles. The van der Waals surface area contributed by atoms with Crippen molar-refractivity contribution >= 4 is 43.6 Å². The highest BCUT2D eigenvalue weighted by Gasteiger charge is 2.18. The van der Waals surface area contributed by atoms with Gasteiger partial charge >= 0.3 is 0 Å². The van der Waals surface area contributed by atoms with Crippen LogP contribution in [0.2, 0.25) is 0 Å². The second-order valence-electron chi connectivity index (χ2n) is 11.2. The fourth-order valence-corrected chi connectivity index (χ4v) is 6.35. The van der Waals surface area contributed by atoms with Crippen LogP contribution < -0.4 is 0 Å². The van der Waals surface area contributed by atoms with E-state index in [0.717, 1.165) is 82.9 Å². The molecule has 45 heavy (non-hydrogen) atoms. The summed E-state index contributed by atoms with van der Waals surface area (Å²) in [5.41, 5.74) is 9.46. The van der Waals surface area contributed by atoms with Gasteiger partial charge in [0.15, 0.2) is 5.82 Å². The number of hydrogen-bond donors (Lipinski definition) is 0. The lowest BCUT2D eigenvalue weighted by molar-refractivity contribution is 0.669. The molecule has 0 amide bonds. The molecule has 0 aliphatic rings. The summed E-state index contributed by atoms with van der Waals surface area (Å²) in [5, 5.41) is 5.47. The van der Waals surface area contributed by atoms with Gasteiger partial charge in [-0.3, -0.25) is 0 Å². The predicted octanol–water partition coefficient (Wildman–Crippen LogP) is 10.7. The lowest BCUT2D eigenvalue weighted by Crippen LogP contribution is -1.95. The molecule has 3 heterocycles. The summed E-state index contributed by atoms with van der Waals surface area (Å²) in [6.07, 6.45) is 0. The first kappa shape index (κ1) is 25.4. The van der Waals surface area contributed by atoms with Crippen molar-refractivity contribution in [3.63, 3.8) is 0 Å². The van der Waals surface area contributed by atoms with E-state index in [9.17, 15) is 0 Å². The minimum Gasteiger partial charge on any atom is -0.456 e. The van der Waals surface area contributed by atoms with Crippen molar-refractivity contribution in [1.29, 1.82) is 0 Å². The highest BCUT2D eigenvalue weighted by Crippen LogP contribution is 2.42. The Morgan fingerprint density at radius 3 is 1.76 bits per heavy atom. The molecule has 0 unspecified atom stereocenters. The second-order valence-corrected chi connectivity index (χ2v) is 11.2. The van der Waals surface area contributed by atoms with Crippen LogP contribution in [0, 0.1) is 0 Å². The molecule has 0 saturated carbocycles. The minimum atomic E-state index is 0.694. The molecule has 4 heteroatoms. The zero-order chi connectivity index (χ0) is 29.7. The Bertz CT molecular complexity index is 2460. The van der Waals surface area contributed by atoms with Gasteiger partial charge in [-0.1, -0.05) is 109 Å². The maximum absolute atomic E-state index is 6.48. The van der Waals surface area contributed by atoms with Crippen molar-refractivity contribution in [2.24, 2.45) is 0 Å². The summed E-state index contributed by atoms with van der Waals surface area (Å²) in [6, 6.07) is 51.9. The van der Waals surface area contributed by atoms with Gasteiger partial charge in [-0.05, 0) is 42.5 Å². The largest absolute Gasteiger partial charge is 0.456 e. The molecule has 210 valence electrons. The first-order chi connectivity index (χ1) is 22.3. The van der Waals surface area contributed by atoms with Crippen molar-refractivity contribution in [3.05, 3.63) is 152 Å². The molecule has 3 aromatic heterocycles. The molecular weight excluding hydrogens is 550 g/mol. The summed E-state index contributed by atoms with van der Waals surface area (Å²) in [4.78, 5) is 15.2. The van der Waals surface area contributed by atoms with E-state index in [0.29, 0.717) is 5.82 Å². The van der Waals surface area contributed by atoms with Crippen molar-refractivity contribution in [2.75, 3.05) is 0 Å². The zero-order valence-corrected chi connectivity index (χ0v) is 24.2. The van der Waals surface area contributed by atoms with Crippen molar-refractivity contribution in [1.82, 2.24) is 15.0 Å². The maximum atomic E-state index is 6.48. The summed E-state index contributed by atoms with van der Waals surface area (Å²) >= 11 is 0. The topological polar surface area (TPSA) is 51.8 Å². The lowest BCUT2D eigenvalue weighted by Gasteiger charge is -2.11. The Labute approximate surface area is 259 Å². The predicted molar refractivity (Wildman–Crippen MR) is 184 cm³/mol. The van der Waals surface area contributed by atoms with Gasteiger partial charge in [0.2, 0.25) is 0 Å². The zero-order valence-electron chi connectivity index (χ0n) is 24.2. The number of para-hydroxylation sites is 1. The molecule has 0 fully saturated rings. The molecule has 9 rings (SSSR count). The number of furan rings is 1. The summed E-state index contributed by atoms with van der Waals surface area (Å²) in [7, 11) is 0. The fourth-order valence-electron chi connectivity index (χ4n) is 6.35. The average Bonchev–Trinajstić information content (AvgIpc) is 3.50. The molecule has 0 atom stereocenters. The van der Waals surface area contributed by atoms with Crippen LogP contribution >= 0.6 is 0 Å². The molecule has 0 N–H and O–H groups in total. The SMILES string of the molecule is c1ccc(-c2cc(-c3ccc4oc5ccc6c(-c7ccccc7)nc7ccccc7c6c5c4c3)nc(-c3ccccc3)n2)cc1. The van der Waals surface area contributed by atoms with E-state index < -0.39 is 0 Å². The van der Waals surface area contributed by atoms with Crippen LogP contribution in [0.1, 0.15) is 0 Å². The quantitative estimate of drug-likeness (QED) is 0.196. The highest BCUT2D eigenvalue weighted by molar-refractivity contribution is 6.28. The second kappa shape index (κ2) is 10.2. The molecule has 4 nitrogen and oxygen atoms in total. The number of nitrogens with zero attached hydrogens (tertiary/aromatic N) is 3. The molecular formula is C41H25N3O. The number of hydrogen-bond acceptors (Lipinski definition) is 4. The van der Waals surface area contributed by atoms with Crippen LogP contribution in [0.25, 0.3) is 88.8 Å². The van der Waals surface area contributed by atoms with E-state index in [4.69, 9.17) is 19.4 Å². The van der Waals surface area contributed by atoms with E-state index >= 15 is 0 Å². The van der Waals surface area contributed by atoms with E-state index in [1.807, 2.05) is 48.5 Å². The van der Waals surface area contributed by atoms with E-state index in [1.54, 1.807) is 0 Å². The van der Waals surface area contributed by atoms with Crippen LogP contribution in [-0.4, -0.2) is 15.0 Å². The first-order valence-electron chi connectivity index (χ1n) is 15.0. The van der Waals surface area contributed by atoms with Gasteiger partial charge < -0.3 is 4.42 Å².